The summed E-state index contributed by atoms with van der Waals surface area (Å²) in [6.45, 7) is 8.99. The maximum Gasteiger partial charge on any atom is 0.241 e. The first-order valence-electron chi connectivity index (χ1n) is 10.6. The second-order valence-corrected chi connectivity index (χ2v) is 8.91. The van der Waals surface area contributed by atoms with Crippen molar-refractivity contribution in [2.45, 2.75) is 46.1 Å². The van der Waals surface area contributed by atoms with Crippen molar-refractivity contribution in [1.82, 2.24) is 15.5 Å². The van der Waals surface area contributed by atoms with Crippen LogP contribution < -0.4 is 10.6 Å². The number of amides is 1. The molecule has 0 bridgehead atoms. The molecule has 1 atom stereocenters. The molecule has 1 aliphatic heterocycles. The Hall–Kier alpha value is -2.08. The van der Waals surface area contributed by atoms with Gasteiger partial charge in [-0.05, 0) is 36.2 Å². The summed E-state index contributed by atoms with van der Waals surface area (Å²) >= 11 is 0. The molecule has 1 aliphatic rings. The maximum absolute atomic E-state index is 12.6. The Labute approximate surface area is 176 Å². The number of aliphatic imine (C=N–C) groups is 1. The number of guanidine groups is 1. The second-order valence-electron chi connectivity index (χ2n) is 8.91. The van der Waals surface area contributed by atoms with Crippen LogP contribution in [-0.4, -0.2) is 63.2 Å². The number of carbonyl (C=O) groups is 1. The minimum atomic E-state index is 0.0283. The van der Waals surface area contributed by atoms with Crippen LogP contribution in [-0.2, 0) is 16.0 Å². The third-order valence-corrected chi connectivity index (χ3v) is 5.67. The van der Waals surface area contributed by atoms with Crippen LogP contribution in [0.2, 0.25) is 0 Å². The van der Waals surface area contributed by atoms with Crippen LogP contribution in [0.15, 0.2) is 35.3 Å². The molecule has 0 radical (unpaired) electrons. The van der Waals surface area contributed by atoms with Crippen molar-refractivity contribution >= 4 is 11.9 Å². The minimum absolute atomic E-state index is 0.0283. The highest BCUT2D eigenvalue weighted by Gasteiger charge is 2.25. The molecule has 0 aromatic heterocycles. The molecule has 162 valence electrons. The summed E-state index contributed by atoms with van der Waals surface area (Å²) in [5, 5.41) is 6.40. The molecule has 0 aliphatic carbocycles. The molecule has 6 heteroatoms. The van der Waals surface area contributed by atoms with Crippen LogP contribution in [0.1, 0.15) is 39.2 Å². The molecular formula is C23H38N4O2. The zero-order chi connectivity index (χ0) is 21.3. The highest BCUT2D eigenvalue weighted by Crippen LogP contribution is 2.22. The first-order valence-corrected chi connectivity index (χ1v) is 10.6. The van der Waals surface area contributed by atoms with Crippen LogP contribution in [0.25, 0.3) is 0 Å². The van der Waals surface area contributed by atoms with Crippen molar-refractivity contribution in [3.63, 3.8) is 0 Å². The zero-order valence-corrected chi connectivity index (χ0v) is 18.7. The average molecular weight is 403 g/mol. The van der Waals surface area contributed by atoms with Gasteiger partial charge in [0, 0.05) is 33.8 Å². The van der Waals surface area contributed by atoms with E-state index in [2.05, 4.69) is 66.7 Å². The smallest absolute Gasteiger partial charge is 0.241 e. The third-order valence-electron chi connectivity index (χ3n) is 5.67. The molecule has 2 rings (SSSR count). The predicted molar refractivity (Wildman–Crippen MR) is 119 cm³/mol. The van der Waals surface area contributed by atoms with E-state index in [0.717, 1.165) is 32.4 Å². The van der Waals surface area contributed by atoms with Gasteiger partial charge in [0.1, 0.15) is 0 Å². The van der Waals surface area contributed by atoms with E-state index < -0.39 is 0 Å². The number of piperidine rings is 1. The van der Waals surface area contributed by atoms with Gasteiger partial charge >= 0.3 is 0 Å². The lowest BCUT2D eigenvalue weighted by Crippen LogP contribution is -2.49. The van der Waals surface area contributed by atoms with E-state index in [0.29, 0.717) is 18.4 Å². The molecule has 1 fully saturated rings. The summed E-state index contributed by atoms with van der Waals surface area (Å²) in [5.41, 5.74) is 1.42. The van der Waals surface area contributed by atoms with Crippen molar-refractivity contribution in [2.75, 3.05) is 40.3 Å². The van der Waals surface area contributed by atoms with Gasteiger partial charge in [0.15, 0.2) is 5.96 Å². The third kappa shape index (κ3) is 7.69. The average Bonchev–Trinajstić information content (AvgIpc) is 2.71. The lowest BCUT2D eigenvalue weighted by molar-refractivity contribution is -0.131. The first kappa shape index (κ1) is 23.2. The van der Waals surface area contributed by atoms with Gasteiger partial charge < -0.3 is 20.3 Å². The van der Waals surface area contributed by atoms with E-state index in [-0.39, 0.29) is 24.0 Å². The summed E-state index contributed by atoms with van der Waals surface area (Å²) in [5.74, 6) is 1.42. The molecule has 0 spiro atoms. The Morgan fingerprint density at radius 1 is 1.21 bits per heavy atom. The van der Waals surface area contributed by atoms with Crippen LogP contribution in [0.5, 0.6) is 0 Å². The number of methoxy groups -OCH3 is 1. The maximum atomic E-state index is 12.6. The van der Waals surface area contributed by atoms with E-state index in [4.69, 9.17) is 4.74 Å². The van der Waals surface area contributed by atoms with Gasteiger partial charge in [-0.25, -0.2) is 0 Å². The van der Waals surface area contributed by atoms with Crippen LogP contribution in [0.3, 0.4) is 0 Å². The fourth-order valence-corrected chi connectivity index (χ4v) is 3.76. The fourth-order valence-electron chi connectivity index (χ4n) is 3.76. The predicted octanol–water partition coefficient (Wildman–Crippen LogP) is 2.69. The molecule has 1 aromatic carbocycles. The van der Waals surface area contributed by atoms with Crippen molar-refractivity contribution in [1.29, 1.82) is 0 Å². The molecule has 1 heterocycles. The van der Waals surface area contributed by atoms with Crippen LogP contribution in [0.4, 0.5) is 0 Å². The van der Waals surface area contributed by atoms with Gasteiger partial charge in [-0.1, -0.05) is 51.1 Å². The largest absolute Gasteiger partial charge is 0.379 e. The van der Waals surface area contributed by atoms with Crippen molar-refractivity contribution in [3.05, 3.63) is 35.9 Å². The molecular weight excluding hydrogens is 364 g/mol. The summed E-state index contributed by atoms with van der Waals surface area (Å²) in [6, 6.07) is 10.6. The Morgan fingerprint density at radius 3 is 2.41 bits per heavy atom. The zero-order valence-electron chi connectivity index (χ0n) is 18.7. The molecule has 1 unspecified atom stereocenters. The summed E-state index contributed by atoms with van der Waals surface area (Å²) in [4.78, 5) is 18.8. The number of hydrogen-bond donors (Lipinski definition) is 2. The van der Waals surface area contributed by atoms with Crippen molar-refractivity contribution in [2.24, 2.45) is 16.3 Å². The number of nitrogens with zero attached hydrogens (tertiary/aromatic N) is 2. The van der Waals surface area contributed by atoms with Crippen LogP contribution >= 0.6 is 0 Å². The Balaban J connectivity index is 1.72. The van der Waals surface area contributed by atoms with Gasteiger partial charge in [-0.15, -0.1) is 0 Å². The van der Waals surface area contributed by atoms with E-state index in [1.54, 1.807) is 14.2 Å². The summed E-state index contributed by atoms with van der Waals surface area (Å²) < 4.78 is 5.56. The topological polar surface area (TPSA) is 66.0 Å². The lowest BCUT2D eigenvalue weighted by atomic mass is 9.89. The number of rotatable bonds is 7. The van der Waals surface area contributed by atoms with E-state index in [1.165, 1.54) is 5.56 Å². The Morgan fingerprint density at radius 2 is 1.86 bits per heavy atom. The molecule has 2 N–H and O–H groups in total. The molecule has 1 saturated heterocycles. The number of likely N-dealkylation sites (tertiary alicyclic amines) is 1. The van der Waals surface area contributed by atoms with Gasteiger partial charge in [-0.3, -0.25) is 9.79 Å². The standard InChI is InChI=1S/C23H38N4O2/c1-23(2,3)20(29-5)16-25-22(24-4)26-17-21(28)27-13-11-19(12-14-27)15-18-9-7-6-8-10-18/h6-10,19-20H,11-17H2,1-5H3,(H2,24,25,26). The van der Waals surface area contributed by atoms with E-state index in [1.807, 2.05) is 4.90 Å². The monoisotopic (exact) mass is 402 g/mol. The Bertz CT molecular complexity index is 647. The lowest BCUT2D eigenvalue weighted by Gasteiger charge is -2.32. The fraction of sp³-hybridized carbons (Fsp3) is 0.652. The van der Waals surface area contributed by atoms with Gasteiger partial charge in [0.05, 0.1) is 12.6 Å². The minimum Gasteiger partial charge on any atom is -0.379 e. The van der Waals surface area contributed by atoms with Crippen LogP contribution in [0, 0.1) is 11.3 Å². The van der Waals surface area contributed by atoms with Gasteiger partial charge in [0.25, 0.3) is 0 Å². The quantitative estimate of drug-likeness (QED) is 0.544. The number of hydrogen-bond acceptors (Lipinski definition) is 3. The highest BCUT2D eigenvalue weighted by molar-refractivity contribution is 5.86. The molecule has 1 amide bonds. The molecule has 29 heavy (non-hydrogen) atoms. The van der Waals surface area contributed by atoms with Crippen molar-refractivity contribution in [3.8, 4) is 0 Å². The molecule has 1 aromatic rings. The normalized spacial score (nSPS) is 17.1. The van der Waals surface area contributed by atoms with Gasteiger partial charge in [-0.2, -0.15) is 0 Å². The number of carbonyl (C=O) groups excluding carboxylic acids is 1. The summed E-state index contributed by atoms with van der Waals surface area (Å²) in [7, 11) is 3.44. The molecule has 0 saturated carbocycles. The Kier molecular flexibility index (Phi) is 8.96. The number of ether oxygens (including phenoxy) is 1. The summed E-state index contributed by atoms with van der Waals surface area (Å²) in [6.07, 6.45) is 3.29. The number of nitrogens with one attached hydrogen (secondary N) is 2. The highest BCUT2D eigenvalue weighted by atomic mass is 16.5. The second kappa shape index (κ2) is 11.2. The van der Waals surface area contributed by atoms with Crippen molar-refractivity contribution < 1.29 is 9.53 Å². The van der Waals surface area contributed by atoms with E-state index in [9.17, 15) is 4.79 Å². The van der Waals surface area contributed by atoms with Gasteiger partial charge in [0.2, 0.25) is 5.91 Å². The SMILES string of the molecule is CN=C(NCC(=O)N1CCC(Cc2ccccc2)CC1)NCC(OC)C(C)(C)C. The molecule has 6 nitrogen and oxygen atoms in total. The van der Waals surface area contributed by atoms with E-state index >= 15 is 0 Å². The number of benzene rings is 1. The first-order chi connectivity index (χ1) is 13.8.